The zero-order valence-electron chi connectivity index (χ0n) is 10.7. The Balaban J connectivity index is 1.85. The van der Waals surface area contributed by atoms with E-state index in [1.165, 1.54) is 0 Å². The van der Waals surface area contributed by atoms with Gasteiger partial charge >= 0.3 is 0 Å². The molecule has 2 rings (SSSR count). The number of anilines is 1. The molecule has 1 amide bonds. The molecule has 2 N–H and O–H groups in total. The molecule has 1 heterocycles. The van der Waals surface area contributed by atoms with E-state index < -0.39 is 0 Å². The molecule has 1 aliphatic heterocycles. The average Bonchev–Trinajstić information content (AvgIpc) is 2.40. The number of rotatable bonds is 4. The maximum atomic E-state index is 11.9. The monoisotopic (exact) mass is 248 g/mol. The Kier molecular flexibility index (Phi) is 4.59. The van der Waals surface area contributed by atoms with Gasteiger partial charge in [0, 0.05) is 18.2 Å². The Morgan fingerprint density at radius 2 is 2.44 bits per heavy atom. The molecule has 0 radical (unpaired) electrons. The Labute approximate surface area is 108 Å². The second-order valence-corrected chi connectivity index (χ2v) is 4.70. The van der Waals surface area contributed by atoms with Crippen molar-refractivity contribution in [3.8, 4) is 5.75 Å². The van der Waals surface area contributed by atoms with Crippen LogP contribution in [0.2, 0.25) is 0 Å². The number of hydrogen-bond acceptors (Lipinski definition) is 3. The summed E-state index contributed by atoms with van der Waals surface area (Å²) in [6.07, 6.45) is 2.89. The van der Waals surface area contributed by atoms with Crippen molar-refractivity contribution >= 4 is 11.6 Å². The maximum absolute atomic E-state index is 11.9. The molecule has 0 aliphatic carbocycles. The lowest BCUT2D eigenvalue weighted by atomic mass is 9.96. The molecule has 1 aromatic rings. The van der Waals surface area contributed by atoms with Crippen LogP contribution in [0.3, 0.4) is 0 Å². The second-order valence-electron chi connectivity index (χ2n) is 4.70. The molecule has 1 atom stereocenters. The molecule has 1 aromatic carbocycles. The first-order valence-corrected chi connectivity index (χ1v) is 6.42. The van der Waals surface area contributed by atoms with E-state index in [1.807, 2.05) is 24.3 Å². The van der Waals surface area contributed by atoms with E-state index >= 15 is 0 Å². The largest absolute Gasteiger partial charge is 0.497 e. The lowest BCUT2D eigenvalue weighted by Crippen LogP contribution is -2.32. The minimum absolute atomic E-state index is 0.0805. The van der Waals surface area contributed by atoms with Gasteiger partial charge in [-0.25, -0.2) is 0 Å². The Morgan fingerprint density at radius 1 is 1.56 bits per heavy atom. The predicted octanol–water partition coefficient (Wildman–Crippen LogP) is 2.02. The van der Waals surface area contributed by atoms with Crippen molar-refractivity contribution in [2.24, 2.45) is 5.92 Å². The molecule has 0 spiro atoms. The number of ether oxygens (including phenoxy) is 1. The SMILES string of the molecule is COc1cccc(NC(=O)CC2CCCNC2)c1. The highest BCUT2D eigenvalue weighted by Crippen LogP contribution is 2.19. The van der Waals surface area contributed by atoms with Crippen LogP contribution < -0.4 is 15.4 Å². The first-order chi connectivity index (χ1) is 8.78. The van der Waals surface area contributed by atoms with E-state index in [0.717, 1.165) is 37.4 Å². The number of benzene rings is 1. The standard InChI is InChI=1S/C14H20N2O2/c1-18-13-6-2-5-12(9-13)16-14(17)8-11-4-3-7-15-10-11/h2,5-6,9,11,15H,3-4,7-8,10H2,1H3,(H,16,17). The van der Waals surface area contributed by atoms with Gasteiger partial charge in [-0.3, -0.25) is 4.79 Å². The fraction of sp³-hybridized carbons (Fsp3) is 0.500. The Bertz CT molecular complexity index is 401. The second kappa shape index (κ2) is 6.40. The van der Waals surface area contributed by atoms with Gasteiger partial charge in [-0.15, -0.1) is 0 Å². The molecule has 1 fully saturated rings. The number of carbonyl (C=O) groups excluding carboxylic acids is 1. The molecule has 0 saturated carbocycles. The lowest BCUT2D eigenvalue weighted by molar-refractivity contribution is -0.117. The zero-order valence-corrected chi connectivity index (χ0v) is 10.7. The summed E-state index contributed by atoms with van der Waals surface area (Å²) in [5, 5.41) is 6.24. The third kappa shape index (κ3) is 3.74. The van der Waals surface area contributed by atoms with E-state index in [1.54, 1.807) is 7.11 Å². The van der Waals surface area contributed by atoms with Crippen LogP contribution >= 0.6 is 0 Å². The highest BCUT2D eigenvalue weighted by Gasteiger charge is 2.16. The quantitative estimate of drug-likeness (QED) is 0.857. The van der Waals surface area contributed by atoms with Crippen molar-refractivity contribution in [3.63, 3.8) is 0 Å². The number of methoxy groups -OCH3 is 1. The summed E-state index contributed by atoms with van der Waals surface area (Å²) in [6, 6.07) is 7.44. The molecule has 18 heavy (non-hydrogen) atoms. The van der Waals surface area contributed by atoms with Crippen molar-refractivity contribution in [3.05, 3.63) is 24.3 Å². The number of hydrogen-bond donors (Lipinski definition) is 2. The first-order valence-electron chi connectivity index (χ1n) is 6.42. The van der Waals surface area contributed by atoms with Gasteiger partial charge in [0.2, 0.25) is 5.91 Å². The normalized spacial score (nSPS) is 19.3. The van der Waals surface area contributed by atoms with Crippen molar-refractivity contribution in [2.75, 3.05) is 25.5 Å². The highest BCUT2D eigenvalue weighted by atomic mass is 16.5. The number of amides is 1. The minimum atomic E-state index is 0.0805. The van der Waals surface area contributed by atoms with Gasteiger partial charge in [-0.2, -0.15) is 0 Å². The number of piperidine rings is 1. The molecule has 0 aromatic heterocycles. The van der Waals surface area contributed by atoms with Gasteiger partial charge in [-0.05, 0) is 44.0 Å². The van der Waals surface area contributed by atoms with Crippen molar-refractivity contribution in [1.29, 1.82) is 0 Å². The van der Waals surface area contributed by atoms with E-state index in [4.69, 9.17) is 4.74 Å². The van der Waals surface area contributed by atoms with Crippen molar-refractivity contribution in [2.45, 2.75) is 19.3 Å². The van der Waals surface area contributed by atoms with E-state index in [9.17, 15) is 4.79 Å². The van der Waals surface area contributed by atoms with Crippen LogP contribution in [0.4, 0.5) is 5.69 Å². The third-order valence-corrected chi connectivity index (χ3v) is 3.23. The van der Waals surface area contributed by atoms with Gasteiger partial charge in [-0.1, -0.05) is 6.07 Å². The van der Waals surface area contributed by atoms with E-state index in [2.05, 4.69) is 10.6 Å². The predicted molar refractivity (Wildman–Crippen MR) is 71.8 cm³/mol. The molecule has 98 valence electrons. The summed E-state index contributed by atoms with van der Waals surface area (Å²) in [5.74, 6) is 1.30. The Morgan fingerprint density at radius 3 is 3.17 bits per heavy atom. The molecule has 1 aliphatic rings. The fourth-order valence-corrected chi connectivity index (χ4v) is 2.27. The van der Waals surface area contributed by atoms with Crippen molar-refractivity contribution in [1.82, 2.24) is 5.32 Å². The minimum Gasteiger partial charge on any atom is -0.497 e. The zero-order chi connectivity index (χ0) is 12.8. The molecular formula is C14H20N2O2. The van der Waals surface area contributed by atoms with Gasteiger partial charge in [0.15, 0.2) is 0 Å². The summed E-state index contributed by atoms with van der Waals surface area (Å²) in [4.78, 5) is 11.9. The van der Waals surface area contributed by atoms with Gasteiger partial charge in [0.05, 0.1) is 7.11 Å². The van der Waals surface area contributed by atoms with Gasteiger partial charge < -0.3 is 15.4 Å². The topological polar surface area (TPSA) is 50.4 Å². The molecule has 1 saturated heterocycles. The van der Waals surface area contributed by atoms with Crippen LogP contribution in [0.15, 0.2) is 24.3 Å². The molecule has 0 bridgehead atoms. The fourth-order valence-electron chi connectivity index (χ4n) is 2.27. The molecular weight excluding hydrogens is 228 g/mol. The maximum Gasteiger partial charge on any atom is 0.224 e. The van der Waals surface area contributed by atoms with Gasteiger partial charge in [0.25, 0.3) is 0 Å². The third-order valence-electron chi connectivity index (χ3n) is 3.23. The lowest BCUT2D eigenvalue weighted by Gasteiger charge is -2.22. The van der Waals surface area contributed by atoms with Crippen LogP contribution in [-0.2, 0) is 4.79 Å². The van der Waals surface area contributed by atoms with E-state index in [-0.39, 0.29) is 5.91 Å². The summed E-state index contributed by atoms with van der Waals surface area (Å²) < 4.78 is 5.13. The number of nitrogens with one attached hydrogen (secondary N) is 2. The summed E-state index contributed by atoms with van der Waals surface area (Å²) in [5.41, 5.74) is 0.795. The Hall–Kier alpha value is -1.55. The van der Waals surface area contributed by atoms with E-state index in [0.29, 0.717) is 12.3 Å². The van der Waals surface area contributed by atoms with Gasteiger partial charge in [0.1, 0.15) is 5.75 Å². The summed E-state index contributed by atoms with van der Waals surface area (Å²) in [6.45, 7) is 2.03. The first kappa shape index (κ1) is 12.9. The molecule has 1 unspecified atom stereocenters. The number of carbonyl (C=O) groups is 1. The van der Waals surface area contributed by atoms with Crippen LogP contribution in [0, 0.1) is 5.92 Å². The smallest absolute Gasteiger partial charge is 0.224 e. The van der Waals surface area contributed by atoms with Crippen LogP contribution in [0.1, 0.15) is 19.3 Å². The molecule has 4 nitrogen and oxygen atoms in total. The average molecular weight is 248 g/mol. The van der Waals surface area contributed by atoms with Crippen LogP contribution in [0.25, 0.3) is 0 Å². The summed E-state index contributed by atoms with van der Waals surface area (Å²) in [7, 11) is 1.62. The van der Waals surface area contributed by atoms with Crippen molar-refractivity contribution < 1.29 is 9.53 Å². The highest BCUT2D eigenvalue weighted by molar-refractivity contribution is 5.91. The summed E-state index contributed by atoms with van der Waals surface area (Å²) >= 11 is 0. The van der Waals surface area contributed by atoms with Crippen LogP contribution in [0.5, 0.6) is 5.75 Å². The molecule has 4 heteroatoms. The van der Waals surface area contributed by atoms with Crippen LogP contribution in [-0.4, -0.2) is 26.1 Å².